The van der Waals surface area contributed by atoms with Crippen LogP contribution in [-0.2, 0) is 4.74 Å². The number of aromatic nitrogens is 2. The molecule has 1 heterocycles. The Balaban J connectivity index is 2.29. The van der Waals surface area contributed by atoms with Crippen molar-refractivity contribution in [2.75, 3.05) is 13.2 Å². The molecule has 1 N–H and O–H groups in total. The minimum Gasteiger partial charge on any atom is -0.475 e. The Kier molecular flexibility index (Phi) is 5.53. The maximum absolute atomic E-state index is 11.4. The second-order valence-electron chi connectivity index (χ2n) is 4.86. The summed E-state index contributed by atoms with van der Waals surface area (Å²) in [5.41, 5.74) is 0.185. The van der Waals surface area contributed by atoms with E-state index in [1.54, 1.807) is 13.1 Å². The first-order valence-electron chi connectivity index (χ1n) is 5.87. The van der Waals surface area contributed by atoms with Crippen molar-refractivity contribution in [2.45, 2.75) is 33.3 Å². The van der Waals surface area contributed by atoms with Gasteiger partial charge in [-0.3, -0.25) is 0 Å². The molecule has 0 bridgehead atoms. The van der Waals surface area contributed by atoms with Crippen LogP contribution in [0.15, 0.2) is 10.8 Å². The fraction of sp³-hybridized carbons (Fsp3) is 0.583. The molecule has 0 aliphatic rings. The second kappa shape index (κ2) is 6.70. The number of halogens is 1. The molecule has 0 aliphatic carbocycles. The zero-order valence-electron chi connectivity index (χ0n) is 11.5. The van der Waals surface area contributed by atoms with Crippen molar-refractivity contribution in [1.82, 2.24) is 15.3 Å². The SMILES string of the molecule is Cc1nc(Br)cnc1OCCNC(=O)OC(C)(C)C. The molecule has 0 aliphatic heterocycles. The standard InChI is InChI=1S/C12H18BrN3O3/c1-8-10(15-7-9(13)16-8)18-6-5-14-11(17)19-12(2,3)4/h7H,5-6H2,1-4H3,(H,14,17). The van der Waals surface area contributed by atoms with Crippen LogP contribution in [0, 0.1) is 6.92 Å². The van der Waals surface area contributed by atoms with Gasteiger partial charge in [0, 0.05) is 0 Å². The van der Waals surface area contributed by atoms with E-state index in [-0.39, 0.29) is 0 Å². The van der Waals surface area contributed by atoms with Gasteiger partial charge in [0.1, 0.15) is 22.5 Å². The topological polar surface area (TPSA) is 73.3 Å². The highest BCUT2D eigenvalue weighted by Gasteiger charge is 2.15. The third kappa shape index (κ3) is 6.37. The van der Waals surface area contributed by atoms with E-state index in [1.165, 1.54) is 0 Å². The molecule has 0 saturated carbocycles. The van der Waals surface area contributed by atoms with Gasteiger partial charge in [-0.1, -0.05) is 0 Å². The normalized spacial score (nSPS) is 11.0. The Morgan fingerprint density at radius 3 is 2.74 bits per heavy atom. The predicted octanol–water partition coefficient (Wildman–Crippen LogP) is 2.45. The number of rotatable bonds is 4. The summed E-state index contributed by atoms with van der Waals surface area (Å²) < 4.78 is 11.2. The molecule has 0 spiro atoms. The van der Waals surface area contributed by atoms with E-state index in [0.29, 0.717) is 29.3 Å². The molecule has 6 nitrogen and oxygen atoms in total. The lowest BCUT2D eigenvalue weighted by atomic mass is 10.2. The number of aryl methyl sites for hydroxylation is 1. The molecule has 0 unspecified atom stereocenters. The lowest BCUT2D eigenvalue weighted by molar-refractivity contribution is 0.0520. The highest BCUT2D eigenvalue weighted by Crippen LogP contribution is 2.14. The Morgan fingerprint density at radius 1 is 1.47 bits per heavy atom. The van der Waals surface area contributed by atoms with Gasteiger partial charge in [0.25, 0.3) is 0 Å². The molecule has 1 rings (SSSR count). The zero-order chi connectivity index (χ0) is 14.5. The Bertz CT molecular complexity index is 446. The molecule has 0 saturated heterocycles. The minimum atomic E-state index is -0.501. The molecular weight excluding hydrogens is 314 g/mol. The lowest BCUT2D eigenvalue weighted by Crippen LogP contribution is -2.34. The largest absolute Gasteiger partial charge is 0.475 e. The first-order chi connectivity index (χ1) is 8.78. The van der Waals surface area contributed by atoms with Gasteiger partial charge in [-0.15, -0.1) is 0 Å². The molecule has 0 fully saturated rings. The van der Waals surface area contributed by atoms with E-state index in [9.17, 15) is 4.79 Å². The van der Waals surface area contributed by atoms with E-state index in [0.717, 1.165) is 0 Å². The van der Waals surface area contributed by atoms with Gasteiger partial charge in [-0.05, 0) is 43.6 Å². The van der Waals surface area contributed by atoms with Crippen molar-refractivity contribution in [3.05, 3.63) is 16.5 Å². The van der Waals surface area contributed by atoms with Crippen LogP contribution in [0.3, 0.4) is 0 Å². The first kappa shape index (κ1) is 15.7. The molecule has 106 valence electrons. The van der Waals surface area contributed by atoms with Gasteiger partial charge in [0.05, 0.1) is 12.7 Å². The number of ether oxygens (including phenoxy) is 2. The molecule has 7 heteroatoms. The van der Waals surface area contributed by atoms with Gasteiger partial charge in [0.15, 0.2) is 0 Å². The Morgan fingerprint density at radius 2 is 2.16 bits per heavy atom. The zero-order valence-corrected chi connectivity index (χ0v) is 13.1. The molecular formula is C12H18BrN3O3. The monoisotopic (exact) mass is 331 g/mol. The van der Waals surface area contributed by atoms with Crippen LogP contribution in [0.1, 0.15) is 26.5 Å². The highest BCUT2D eigenvalue weighted by molar-refractivity contribution is 9.10. The van der Waals surface area contributed by atoms with Gasteiger partial charge >= 0.3 is 6.09 Å². The summed E-state index contributed by atoms with van der Waals surface area (Å²) in [5, 5.41) is 2.60. The third-order valence-electron chi connectivity index (χ3n) is 1.88. The first-order valence-corrected chi connectivity index (χ1v) is 6.66. The van der Waals surface area contributed by atoms with Crippen LogP contribution in [0.4, 0.5) is 4.79 Å². The van der Waals surface area contributed by atoms with Crippen molar-refractivity contribution in [3.63, 3.8) is 0 Å². The van der Waals surface area contributed by atoms with Crippen LogP contribution in [0.25, 0.3) is 0 Å². The number of hydrogen-bond donors (Lipinski definition) is 1. The van der Waals surface area contributed by atoms with Gasteiger partial charge in [0.2, 0.25) is 5.88 Å². The predicted molar refractivity (Wildman–Crippen MR) is 74.2 cm³/mol. The lowest BCUT2D eigenvalue weighted by Gasteiger charge is -2.19. The van der Waals surface area contributed by atoms with Crippen molar-refractivity contribution in [3.8, 4) is 5.88 Å². The van der Waals surface area contributed by atoms with Crippen molar-refractivity contribution in [2.24, 2.45) is 0 Å². The maximum atomic E-state index is 11.4. The van der Waals surface area contributed by atoms with Crippen LogP contribution in [-0.4, -0.2) is 34.8 Å². The van der Waals surface area contributed by atoms with Crippen LogP contribution in [0.5, 0.6) is 5.88 Å². The fourth-order valence-corrected chi connectivity index (χ4v) is 1.57. The molecule has 1 aromatic rings. The average molecular weight is 332 g/mol. The molecule has 1 amide bonds. The molecule has 19 heavy (non-hydrogen) atoms. The number of alkyl carbamates (subject to hydrolysis) is 1. The quantitative estimate of drug-likeness (QED) is 0.858. The summed E-state index contributed by atoms with van der Waals surface area (Å²) in [7, 11) is 0. The number of carbonyl (C=O) groups excluding carboxylic acids is 1. The highest BCUT2D eigenvalue weighted by atomic mass is 79.9. The van der Waals surface area contributed by atoms with E-state index < -0.39 is 11.7 Å². The van der Waals surface area contributed by atoms with Crippen molar-refractivity contribution >= 4 is 22.0 Å². The van der Waals surface area contributed by atoms with Crippen LogP contribution in [0.2, 0.25) is 0 Å². The number of hydrogen-bond acceptors (Lipinski definition) is 5. The Hall–Kier alpha value is -1.37. The van der Waals surface area contributed by atoms with Crippen molar-refractivity contribution in [1.29, 1.82) is 0 Å². The molecule has 0 aromatic carbocycles. The second-order valence-corrected chi connectivity index (χ2v) is 5.67. The number of nitrogens with one attached hydrogen (secondary N) is 1. The van der Waals surface area contributed by atoms with Crippen LogP contribution < -0.4 is 10.1 Å². The van der Waals surface area contributed by atoms with E-state index in [1.807, 2.05) is 20.8 Å². The van der Waals surface area contributed by atoms with Gasteiger partial charge in [-0.25, -0.2) is 14.8 Å². The summed E-state index contributed by atoms with van der Waals surface area (Å²) in [6.45, 7) is 7.87. The molecule has 0 atom stereocenters. The van der Waals surface area contributed by atoms with Gasteiger partial charge in [-0.2, -0.15) is 0 Å². The number of amides is 1. The van der Waals surface area contributed by atoms with E-state index >= 15 is 0 Å². The third-order valence-corrected chi connectivity index (χ3v) is 2.26. The number of nitrogens with zero attached hydrogens (tertiary/aromatic N) is 2. The molecule has 0 radical (unpaired) electrons. The molecule has 1 aromatic heterocycles. The summed E-state index contributed by atoms with van der Waals surface area (Å²) in [6, 6.07) is 0. The summed E-state index contributed by atoms with van der Waals surface area (Å²) in [6.07, 6.45) is 1.10. The fourth-order valence-electron chi connectivity index (χ4n) is 1.20. The number of carbonyl (C=O) groups is 1. The average Bonchev–Trinajstić information content (AvgIpc) is 2.24. The van der Waals surface area contributed by atoms with Gasteiger partial charge < -0.3 is 14.8 Å². The summed E-state index contributed by atoms with van der Waals surface area (Å²) in [5.74, 6) is 0.453. The van der Waals surface area contributed by atoms with Crippen molar-refractivity contribution < 1.29 is 14.3 Å². The van der Waals surface area contributed by atoms with Crippen LogP contribution >= 0.6 is 15.9 Å². The summed E-state index contributed by atoms with van der Waals surface area (Å²) >= 11 is 3.22. The van der Waals surface area contributed by atoms with E-state index in [2.05, 4.69) is 31.2 Å². The summed E-state index contributed by atoms with van der Waals surface area (Å²) in [4.78, 5) is 19.6. The Labute approximate surface area is 121 Å². The minimum absolute atomic E-state index is 0.302. The maximum Gasteiger partial charge on any atom is 0.407 e. The smallest absolute Gasteiger partial charge is 0.407 e. The van der Waals surface area contributed by atoms with E-state index in [4.69, 9.17) is 9.47 Å².